The van der Waals surface area contributed by atoms with Crippen molar-refractivity contribution in [2.45, 2.75) is 31.4 Å². The van der Waals surface area contributed by atoms with Gasteiger partial charge in [-0.2, -0.15) is 0 Å². The van der Waals surface area contributed by atoms with Crippen molar-refractivity contribution < 1.29 is 14.6 Å². The zero-order valence-corrected chi connectivity index (χ0v) is 13.7. The highest BCUT2D eigenvalue weighted by Gasteiger charge is 2.34. The number of rotatable bonds is 2. The van der Waals surface area contributed by atoms with E-state index in [0.29, 0.717) is 19.6 Å². The van der Waals surface area contributed by atoms with Crippen LogP contribution in [0.2, 0.25) is 0 Å². The van der Waals surface area contributed by atoms with Gasteiger partial charge in [-0.15, -0.1) is 0 Å². The Bertz CT molecular complexity index is 727. The van der Waals surface area contributed by atoms with E-state index >= 15 is 0 Å². The van der Waals surface area contributed by atoms with E-state index in [-0.39, 0.29) is 18.1 Å². The highest BCUT2D eigenvalue weighted by Crippen LogP contribution is 2.44. The average Bonchev–Trinajstić information content (AvgIpc) is 3.10. The molecular weight excluding hydrogens is 302 g/mol. The molecule has 24 heavy (non-hydrogen) atoms. The number of hydrogen-bond donors (Lipinski definition) is 1. The van der Waals surface area contributed by atoms with E-state index in [1.165, 1.54) is 22.3 Å². The van der Waals surface area contributed by atoms with E-state index in [4.69, 9.17) is 4.74 Å². The van der Waals surface area contributed by atoms with Crippen molar-refractivity contribution in [3.05, 3.63) is 59.7 Å². The van der Waals surface area contributed by atoms with Crippen LogP contribution in [0.3, 0.4) is 0 Å². The van der Waals surface area contributed by atoms with Crippen LogP contribution in [0.1, 0.15) is 30.4 Å². The maximum atomic E-state index is 12.4. The molecule has 1 heterocycles. The van der Waals surface area contributed by atoms with Gasteiger partial charge in [0.25, 0.3) is 0 Å². The number of β-amino-alcohol motifs (C(OH)–C–C–N with tert-alkyl or cyclic N) is 1. The lowest BCUT2D eigenvalue weighted by Crippen LogP contribution is -2.35. The molecule has 0 saturated carbocycles. The fourth-order valence-corrected chi connectivity index (χ4v) is 3.93. The Balaban J connectivity index is 1.54. The summed E-state index contributed by atoms with van der Waals surface area (Å²) in [5, 5.41) is 9.71. The molecule has 4 rings (SSSR count). The van der Waals surface area contributed by atoms with E-state index in [1.54, 1.807) is 4.90 Å². The van der Waals surface area contributed by atoms with Crippen LogP contribution in [0.15, 0.2) is 48.5 Å². The number of benzene rings is 2. The average molecular weight is 323 g/mol. The standard InChI is InChI=1S/C20H21NO3/c1-13-10-14(22)11-21(13)20(23)24-12-19-17-8-4-2-6-15(17)16-7-3-5-9-18(16)19/h2-9,13-14,19,22H,10-12H2,1H3. The fraction of sp³-hybridized carbons (Fsp3) is 0.350. The first kappa shape index (κ1) is 15.2. The van der Waals surface area contributed by atoms with Gasteiger partial charge in [-0.05, 0) is 35.6 Å². The van der Waals surface area contributed by atoms with Crippen molar-refractivity contribution in [2.24, 2.45) is 0 Å². The zero-order valence-electron chi connectivity index (χ0n) is 13.7. The minimum absolute atomic E-state index is 0.0238. The number of fused-ring (bicyclic) bond motifs is 3. The van der Waals surface area contributed by atoms with Crippen LogP contribution in [-0.2, 0) is 4.74 Å². The van der Waals surface area contributed by atoms with Crippen molar-refractivity contribution in [2.75, 3.05) is 13.2 Å². The molecule has 1 fully saturated rings. The van der Waals surface area contributed by atoms with Gasteiger partial charge in [-0.25, -0.2) is 4.79 Å². The van der Waals surface area contributed by atoms with Crippen LogP contribution in [0.4, 0.5) is 4.79 Å². The van der Waals surface area contributed by atoms with Crippen molar-refractivity contribution in [1.82, 2.24) is 4.90 Å². The predicted octanol–water partition coefficient (Wildman–Crippen LogP) is 3.39. The third kappa shape index (κ3) is 2.47. The van der Waals surface area contributed by atoms with Gasteiger partial charge in [0.2, 0.25) is 0 Å². The van der Waals surface area contributed by atoms with Gasteiger partial charge in [0, 0.05) is 12.0 Å². The molecule has 0 bridgehead atoms. The highest BCUT2D eigenvalue weighted by atomic mass is 16.6. The summed E-state index contributed by atoms with van der Waals surface area (Å²) in [4.78, 5) is 14.0. The summed E-state index contributed by atoms with van der Waals surface area (Å²) in [5.41, 5.74) is 4.86. The van der Waals surface area contributed by atoms with E-state index in [9.17, 15) is 9.90 Å². The Morgan fingerprint density at radius 2 is 1.71 bits per heavy atom. The normalized spacial score (nSPS) is 22.3. The van der Waals surface area contributed by atoms with Gasteiger partial charge in [0.1, 0.15) is 6.61 Å². The van der Waals surface area contributed by atoms with Crippen LogP contribution in [0.25, 0.3) is 11.1 Å². The molecule has 4 nitrogen and oxygen atoms in total. The van der Waals surface area contributed by atoms with Gasteiger partial charge >= 0.3 is 6.09 Å². The van der Waals surface area contributed by atoms with E-state index < -0.39 is 6.10 Å². The Morgan fingerprint density at radius 3 is 2.25 bits per heavy atom. The summed E-state index contributed by atoms with van der Waals surface area (Å²) in [5.74, 6) is 0.0733. The second-order valence-corrected chi connectivity index (χ2v) is 6.69. The van der Waals surface area contributed by atoms with Crippen LogP contribution < -0.4 is 0 Å². The molecule has 2 unspecified atom stereocenters. The number of aliphatic hydroxyl groups is 1. The fourth-order valence-electron chi connectivity index (χ4n) is 3.93. The first-order valence-electron chi connectivity index (χ1n) is 8.45. The summed E-state index contributed by atoms with van der Waals surface area (Å²) in [7, 11) is 0. The maximum absolute atomic E-state index is 12.4. The van der Waals surface area contributed by atoms with Crippen LogP contribution >= 0.6 is 0 Å². The summed E-state index contributed by atoms with van der Waals surface area (Å²) >= 11 is 0. The third-order valence-corrected chi connectivity index (χ3v) is 5.12. The molecule has 124 valence electrons. The highest BCUT2D eigenvalue weighted by molar-refractivity contribution is 5.79. The molecule has 2 aromatic rings. The minimum atomic E-state index is -0.444. The molecule has 0 aromatic heterocycles. The number of hydrogen-bond acceptors (Lipinski definition) is 3. The third-order valence-electron chi connectivity index (χ3n) is 5.12. The molecule has 1 saturated heterocycles. The van der Waals surface area contributed by atoms with Crippen LogP contribution in [-0.4, -0.2) is 41.4 Å². The van der Waals surface area contributed by atoms with Gasteiger partial charge in [0.05, 0.1) is 12.6 Å². The molecule has 2 atom stereocenters. The largest absolute Gasteiger partial charge is 0.448 e. The van der Waals surface area contributed by atoms with Crippen molar-refractivity contribution in [1.29, 1.82) is 0 Å². The number of aliphatic hydroxyl groups excluding tert-OH is 1. The predicted molar refractivity (Wildman–Crippen MR) is 91.9 cm³/mol. The number of carbonyl (C=O) groups is 1. The molecule has 4 heteroatoms. The smallest absolute Gasteiger partial charge is 0.410 e. The van der Waals surface area contributed by atoms with Gasteiger partial charge in [0.15, 0.2) is 0 Å². The quantitative estimate of drug-likeness (QED) is 0.921. The summed E-state index contributed by atoms with van der Waals surface area (Å²) in [6.07, 6.45) is -0.161. The van der Waals surface area contributed by atoms with Gasteiger partial charge in [-0.3, -0.25) is 0 Å². The van der Waals surface area contributed by atoms with Crippen molar-refractivity contribution in [3.8, 4) is 11.1 Å². The van der Waals surface area contributed by atoms with Crippen LogP contribution in [0, 0.1) is 0 Å². The number of nitrogens with zero attached hydrogens (tertiary/aromatic N) is 1. The summed E-state index contributed by atoms with van der Waals surface area (Å²) in [6.45, 7) is 2.63. The number of ether oxygens (including phenoxy) is 1. The van der Waals surface area contributed by atoms with E-state index in [0.717, 1.165) is 0 Å². The summed E-state index contributed by atoms with van der Waals surface area (Å²) in [6, 6.07) is 16.6. The Morgan fingerprint density at radius 1 is 1.12 bits per heavy atom. The molecule has 2 aliphatic rings. The number of amides is 1. The molecule has 1 N–H and O–H groups in total. The topological polar surface area (TPSA) is 49.8 Å². The zero-order chi connectivity index (χ0) is 16.7. The lowest BCUT2D eigenvalue weighted by atomic mass is 9.98. The molecular formula is C20H21NO3. The van der Waals surface area contributed by atoms with Crippen molar-refractivity contribution in [3.63, 3.8) is 0 Å². The van der Waals surface area contributed by atoms with E-state index in [2.05, 4.69) is 24.3 Å². The Hall–Kier alpha value is -2.33. The van der Waals surface area contributed by atoms with Gasteiger partial charge < -0.3 is 14.7 Å². The Kier molecular flexibility index (Phi) is 3.77. The maximum Gasteiger partial charge on any atom is 0.410 e. The van der Waals surface area contributed by atoms with Crippen molar-refractivity contribution >= 4 is 6.09 Å². The molecule has 1 aliphatic heterocycles. The molecule has 1 amide bonds. The number of carbonyl (C=O) groups excluding carboxylic acids is 1. The second-order valence-electron chi connectivity index (χ2n) is 6.69. The second kappa shape index (κ2) is 5.95. The monoisotopic (exact) mass is 323 g/mol. The lowest BCUT2D eigenvalue weighted by molar-refractivity contribution is 0.0929. The Labute approximate surface area is 141 Å². The van der Waals surface area contributed by atoms with Gasteiger partial charge in [-0.1, -0.05) is 48.5 Å². The van der Waals surface area contributed by atoms with E-state index in [1.807, 2.05) is 31.2 Å². The number of likely N-dealkylation sites (tertiary alicyclic amines) is 1. The molecule has 2 aromatic carbocycles. The summed E-state index contributed by atoms with van der Waals surface area (Å²) < 4.78 is 5.62. The first-order chi connectivity index (χ1) is 11.6. The molecule has 0 spiro atoms. The molecule has 1 aliphatic carbocycles. The molecule has 0 radical (unpaired) electrons. The van der Waals surface area contributed by atoms with Crippen LogP contribution in [0.5, 0.6) is 0 Å². The minimum Gasteiger partial charge on any atom is -0.448 e. The first-order valence-corrected chi connectivity index (χ1v) is 8.45. The SMILES string of the molecule is CC1CC(O)CN1C(=O)OCC1c2ccccc2-c2ccccc21. The lowest BCUT2D eigenvalue weighted by Gasteiger charge is -2.22.